The van der Waals surface area contributed by atoms with Gasteiger partial charge in [-0.3, -0.25) is 4.90 Å². The van der Waals surface area contributed by atoms with Crippen molar-refractivity contribution in [2.45, 2.75) is 76.9 Å². The fourth-order valence-electron chi connectivity index (χ4n) is 3.67. The van der Waals surface area contributed by atoms with Gasteiger partial charge in [0, 0.05) is 6.54 Å². The number of ether oxygens (including phenoxy) is 1. The van der Waals surface area contributed by atoms with Gasteiger partial charge in [0.1, 0.15) is 17.4 Å². The predicted octanol–water partition coefficient (Wildman–Crippen LogP) is 3.54. The number of amides is 1. The predicted molar refractivity (Wildman–Crippen MR) is 77.5 cm³/mol. The highest BCUT2D eigenvalue weighted by Crippen LogP contribution is 2.42. The number of carbonyl (C=O) groups is 2. The van der Waals surface area contributed by atoms with Gasteiger partial charge < -0.3 is 9.53 Å². The van der Waals surface area contributed by atoms with E-state index in [-0.39, 0.29) is 6.09 Å². The standard InChI is InChI=1S/C16H27NO3/c1-15(2,3)20-14(19)17-11-7-6-10-16(17,12-18)13-8-4-5-9-13/h12-13H,4-11H2,1-3H3. The lowest BCUT2D eigenvalue weighted by Gasteiger charge is -2.47. The quantitative estimate of drug-likeness (QED) is 0.727. The SMILES string of the molecule is CC(C)(C)OC(=O)N1CCCCC1(C=O)C1CCCC1. The number of nitrogens with zero attached hydrogens (tertiary/aromatic N) is 1. The number of rotatable bonds is 2. The molecule has 1 unspecified atom stereocenters. The molecule has 20 heavy (non-hydrogen) atoms. The lowest BCUT2D eigenvalue weighted by atomic mass is 9.76. The molecule has 2 fully saturated rings. The van der Waals surface area contributed by atoms with E-state index < -0.39 is 11.1 Å². The Morgan fingerprint density at radius 2 is 1.85 bits per heavy atom. The van der Waals surface area contributed by atoms with Crippen LogP contribution in [0.25, 0.3) is 0 Å². The molecule has 1 saturated heterocycles. The van der Waals surface area contributed by atoms with E-state index in [9.17, 15) is 9.59 Å². The summed E-state index contributed by atoms with van der Waals surface area (Å²) in [5.41, 5.74) is -1.13. The van der Waals surface area contributed by atoms with Gasteiger partial charge in [-0.05, 0) is 58.8 Å². The Bertz CT molecular complexity index is 368. The van der Waals surface area contributed by atoms with Gasteiger partial charge in [0.2, 0.25) is 0 Å². The molecule has 0 aromatic heterocycles. The molecule has 0 aromatic carbocycles. The molecule has 1 atom stereocenters. The second kappa shape index (κ2) is 5.74. The maximum atomic E-state index is 12.5. The molecule has 4 nitrogen and oxygen atoms in total. The summed E-state index contributed by atoms with van der Waals surface area (Å²) in [4.78, 5) is 26.1. The normalized spacial score (nSPS) is 28.4. The Morgan fingerprint density at radius 1 is 1.20 bits per heavy atom. The van der Waals surface area contributed by atoms with Crippen LogP contribution in [-0.4, -0.2) is 35.0 Å². The molecule has 0 spiro atoms. The van der Waals surface area contributed by atoms with E-state index >= 15 is 0 Å². The molecular weight excluding hydrogens is 254 g/mol. The van der Waals surface area contributed by atoms with Crippen molar-refractivity contribution < 1.29 is 14.3 Å². The number of likely N-dealkylation sites (tertiary alicyclic amines) is 1. The van der Waals surface area contributed by atoms with Crippen molar-refractivity contribution in [3.63, 3.8) is 0 Å². The van der Waals surface area contributed by atoms with E-state index in [0.29, 0.717) is 12.5 Å². The topological polar surface area (TPSA) is 46.6 Å². The highest BCUT2D eigenvalue weighted by atomic mass is 16.6. The first-order chi connectivity index (χ1) is 9.39. The van der Waals surface area contributed by atoms with Crippen LogP contribution in [0.2, 0.25) is 0 Å². The average molecular weight is 281 g/mol. The second-order valence-electron chi connectivity index (χ2n) is 7.18. The zero-order valence-corrected chi connectivity index (χ0v) is 13.0. The van der Waals surface area contributed by atoms with E-state index in [1.165, 1.54) is 12.8 Å². The number of hydrogen-bond acceptors (Lipinski definition) is 3. The largest absolute Gasteiger partial charge is 0.444 e. The van der Waals surface area contributed by atoms with Crippen LogP contribution in [0, 0.1) is 5.92 Å². The third-order valence-electron chi connectivity index (χ3n) is 4.59. The number of hydrogen-bond donors (Lipinski definition) is 0. The van der Waals surface area contributed by atoms with Crippen LogP contribution in [0.15, 0.2) is 0 Å². The smallest absolute Gasteiger partial charge is 0.411 e. The minimum absolute atomic E-state index is 0.313. The fourth-order valence-corrected chi connectivity index (χ4v) is 3.67. The highest BCUT2D eigenvalue weighted by molar-refractivity contribution is 5.77. The molecule has 1 amide bonds. The van der Waals surface area contributed by atoms with Crippen LogP contribution < -0.4 is 0 Å². The Labute approximate surface area is 121 Å². The van der Waals surface area contributed by atoms with E-state index in [4.69, 9.17) is 4.74 Å². The molecular formula is C16H27NO3. The minimum Gasteiger partial charge on any atom is -0.444 e. The molecule has 2 rings (SSSR count). The van der Waals surface area contributed by atoms with Crippen molar-refractivity contribution in [3.8, 4) is 0 Å². The van der Waals surface area contributed by atoms with Crippen molar-refractivity contribution >= 4 is 12.4 Å². The fraction of sp³-hybridized carbons (Fsp3) is 0.875. The van der Waals surface area contributed by atoms with Crippen LogP contribution in [0.4, 0.5) is 4.79 Å². The van der Waals surface area contributed by atoms with E-state index in [2.05, 4.69) is 0 Å². The minimum atomic E-state index is -0.614. The average Bonchev–Trinajstić information content (AvgIpc) is 2.90. The molecule has 0 N–H and O–H groups in total. The van der Waals surface area contributed by atoms with Crippen molar-refractivity contribution in [1.29, 1.82) is 0 Å². The second-order valence-corrected chi connectivity index (χ2v) is 7.18. The molecule has 1 saturated carbocycles. The van der Waals surface area contributed by atoms with Gasteiger partial charge in [0.15, 0.2) is 0 Å². The van der Waals surface area contributed by atoms with Crippen molar-refractivity contribution in [3.05, 3.63) is 0 Å². The maximum Gasteiger partial charge on any atom is 0.411 e. The lowest BCUT2D eigenvalue weighted by molar-refractivity contribution is -0.125. The maximum absolute atomic E-state index is 12.5. The van der Waals surface area contributed by atoms with Gasteiger partial charge in [0.05, 0.1) is 0 Å². The first kappa shape index (κ1) is 15.3. The molecule has 4 heteroatoms. The van der Waals surface area contributed by atoms with E-state index in [1.807, 2.05) is 20.8 Å². The summed E-state index contributed by atoms with van der Waals surface area (Å²) in [7, 11) is 0. The zero-order chi connectivity index (χ0) is 14.8. The third kappa shape index (κ3) is 2.99. The Hall–Kier alpha value is -1.06. The summed E-state index contributed by atoms with van der Waals surface area (Å²) in [6.45, 7) is 6.25. The first-order valence-corrected chi connectivity index (χ1v) is 7.86. The molecule has 2 aliphatic rings. The third-order valence-corrected chi connectivity index (χ3v) is 4.59. The Morgan fingerprint density at radius 3 is 2.40 bits per heavy atom. The van der Waals surface area contributed by atoms with Crippen molar-refractivity contribution in [2.24, 2.45) is 5.92 Å². The number of piperidine rings is 1. The summed E-state index contributed by atoms with van der Waals surface area (Å²) in [6, 6.07) is 0. The number of carbonyl (C=O) groups excluding carboxylic acids is 2. The Balaban J connectivity index is 2.22. The van der Waals surface area contributed by atoms with Crippen molar-refractivity contribution in [1.82, 2.24) is 4.90 Å². The molecule has 0 bridgehead atoms. The van der Waals surface area contributed by atoms with Crippen LogP contribution in [0.3, 0.4) is 0 Å². The molecule has 0 aromatic rings. The van der Waals surface area contributed by atoms with Crippen LogP contribution in [0.5, 0.6) is 0 Å². The summed E-state index contributed by atoms with van der Waals surface area (Å²) >= 11 is 0. The van der Waals surface area contributed by atoms with Crippen LogP contribution in [-0.2, 0) is 9.53 Å². The van der Waals surface area contributed by atoms with Gasteiger partial charge in [-0.2, -0.15) is 0 Å². The number of aldehydes is 1. The van der Waals surface area contributed by atoms with E-state index in [0.717, 1.165) is 38.4 Å². The monoisotopic (exact) mass is 281 g/mol. The van der Waals surface area contributed by atoms with Crippen LogP contribution >= 0.6 is 0 Å². The molecule has 114 valence electrons. The zero-order valence-electron chi connectivity index (χ0n) is 13.0. The molecule has 1 aliphatic carbocycles. The summed E-state index contributed by atoms with van der Waals surface area (Å²) in [5.74, 6) is 0.313. The summed E-state index contributed by atoms with van der Waals surface area (Å²) < 4.78 is 5.52. The molecule has 1 aliphatic heterocycles. The van der Waals surface area contributed by atoms with Gasteiger partial charge >= 0.3 is 6.09 Å². The highest BCUT2D eigenvalue weighted by Gasteiger charge is 2.49. The van der Waals surface area contributed by atoms with Gasteiger partial charge in [-0.1, -0.05) is 12.8 Å². The van der Waals surface area contributed by atoms with Crippen molar-refractivity contribution in [2.75, 3.05) is 6.54 Å². The van der Waals surface area contributed by atoms with E-state index in [1.54, 1.807) is 4.90 Å². The molecule has 0 radical (unpaired) electrons. The van der Waals surface area contributed by atoms with Crippen LogP contribution in [0.1, 0.15) is 65.7 Å². The van der Waals surface area contributed by atoms with Gasteiger partial charge in [-0.25, -0.2) is 4.79 Å². The summed E-state index contributed by atoms with van der Waals surface area (Å²) in [6.07, 6.45) is 7.93. The lowest BCUT2D eigenvalue weighted by Crippen LogP contribution is -2.60. The van der Waals surface area contributed by atoms with Gasteiger partial charge in [0.25, 0.3) is 0 Å². The first-order valence-electron chi connectivity index (χ1n) is 7.86. The summed E-state index contributed by atoms with van der Waals surface area (Å²) in [5, 5.41) is 0. The molecule has 1 heterocycles. The van der Waals surface area contributed by atoms with Gasteiger partial charge in [-0.15, -0.1) is 0 Å². The Kier molecular flexibility index (Phi) is 4.40.